The summed E-state index contributed by atoms with van der Waals surface area (Å²) < 4.78 is 10.8. The van der Waals surface area contributed by atoms with Gasteiger partial charge in [0.2, 0.25) is 18.8 Å². The molecule has 0 saturated carbocycles. The van der Waals surface area contributed by atoms with Crippen LogP contribution in [0.25, 0.3) is 0 Å². The summed E-state index contributed by atoms with van der Waals surface area (Å²) in [6, 6.07) is 14.6. The number of hydrogen-bond acceptors (Lipinski definition) is 7. The molecule has 0 aliphatic carbocycles. The molecule has 3 aliphatic heterocycles. The Bertz CT molecular complexity index is 1080. The number of fused-ring (bicyclic) bond motifs is 1. The number of piperazine rings is 1. The van der Waals surface area contributed by atoms with Crippen LogP contribution in [0.5, 0.6) is 11.5 Å². The lowest BCUT2D eigenvalue weighted by Gasteiger charge is -2.35. The summed E-state index contributed by atoms with van der Waals surface area (Å²) in [4.78, 5) is 36.0. The fraction of sp³-hybridized carbons (Fsp3) is 0.400. The van der Waals surface area contributed by atoms with Crippen molar-refractivity contribution in [2.24, 2.45) is 5.16 Å². The Hall–Kier alpha value is -3.59. The zero-order valence-electron chi connectivity index (χ0n) is 19.1. The zero-order chi connectivity index (χ0) is 23.5. The quantitative estimate of drug-likeness (QED) is 0.695. The van der Waals surface area contributed by atoms with Gasteiger partial charge in [0, 0.05) is 44.6 Å². The molecule has 1 fully saturated rings. The van der Waals surface area contributed by atoms with Gasteiger partial charge in [-0.25, -0.2) is 0 Å². The summed E-state index contributed by atoms with van der Waals surface area (Å²) in [5.41, 5.74) is 2.46. The lowest BCUT2D eigenvalue weighted by atomic mass is 10.0. The Kier molecular flexibility index (Phi) is 6.35. The van der Waals surface area contributed by atoms with Gasteiger partial charge in [0.25, 0.3) is 5.91 Å². The van der Waals surface area contributed by atoms with Crippen LogP contribution in [0.1, 0.15) is 17.5 Å². The van der Waals surface area contributed by atoms with Crippen LogP contribution >= 0.6 is 0 Å². The van der Waals surface area contributed by atoms with Crippen LogP contribution < -0.4 is 14.8 Å². The van der Waals surface area contributed by atoms with Crippen molar-refractivity contribution in [1.29, 1.82) is 0 Å². The molecule has 2 aromatic rings. The molecule has 9 heteroatoms. The molecule has 0 aromatic heterocycles. The van der Waals surface area contributed by atoms with E-state index in [0.717, 1.165) is 24.2 Å². The summed E-state index contributed by atoms with van der Waals surface area (Å²) in [6.07, 6.45) is -0.0639. The molecule has 2 aromatic carbocycles. The van der Waals surface area contributed by atoms with Crippen LogP contribution in [-0.4, -0.2) is 79.5 Å². The molecule has 34 heavy (non-hydrogen) atoms. The lowest BCUT2D eigenvalue weighted by Crippen LogP contribution is -2.56. The largest absolute Gasteiger partial charge is 0.454 e. The first-order valence-electron chi connectivity index (χ1n) is 11.5. The van der Waals surface area contributed by atoms with E-state index in [9.17, 15) is 9.59 Å². The molecule has 0 spiro atoms. The number of hydrogen-bond donors (Lipinski definition) is 1. The second-order valence-corrected chi connectivity index (χ2v) is 8.78. The molecule has 3 heterocycles. The number of benzene rings is 2. The van der Waals surface area contributed by atoms with Gasteiger partial charge in [-0.05, 0) is 30.8 Å². The molecule has 2 atom stereocenters. The Balaban J connectivity index is 1.25. The minimum Gasteiger partial charge on any atom is -0.454 e. The summed E-state index contributed by atoms with van der Waals surface area (Å²) in [5.74, 6) is 0.917. The van der Waals surface area contributed by atoms with Gasteiger partial charge < -0.3 is 29.4 Å². The van der Waals surface area contributed by atoms with E-state index >= 15 is 0 Å². The highest BCUT2D eigenvalue weighted by Gasteiger charge is 2.34. The summed E-state index contributed by atoms with van der Waals surface area (Å²) in [5, 5.41) is 7.07. The van der Waals surface area contributed by atoms with Gasteiger partial charge in [-0.15, -0.1) is 0 Å². The molecule has 3 aliphatic rings. The highest BCUT2D eigenvalue weighted by molar-refractivity contribution is 6.04. The van der Waals surface area contributed by atoms with Gasteiger partial charge in [-0.3, -0.25) is 9.59 Å². The van der Waals surface area contributed by atoms with Gasteiger partial charge in [0.1, 0.15) is 6.04 Å². The average Bonchev–Trinajstić information content (AvgIpc) is 3.54. The van der Waals surface area contributed by atoms with Crippen molar-refractivity contribution in [1.82, 2.24) is 15.1 Å². The van der Waals surface area contributed by atoms with Crippen LogP contribution in [0.3, 0.4) is 0 Å². The maximum Gasteiger partial charge on any atom is 0.265 e. The third-order valence-corrected chi connectivity index (χ3v) is 6.38. The number of likely N-dealkylation sites (N-methyl/N-ethyl adjacent to an activating group) is 1. The summed E-state index contributed by atoms with van der Waals surface area (Å²) in [6.45, 7) is 3.12. The number of amides is 2. The number of carbonyl (C=O) groups is 2. The minimum atomic E-state index is -0.793. The van der Waals surface area contributed by atoms with E-state index < -0.39 is 12.1 Å². The Morgan fingerprint density at radius 2 is 1.82 bits per heavy atom. The fourth-order valence-electron chi connectivity index (χ4n) is 4.33. The smallest absolute Gasteiger partial charge is 0.265 e. The monoisotopic (exact) mass is 464 g/mol. The van der Waals surface area contributed by atoms with E-state index in [0.29, 0.717) is 43.1 Å². The third kappa shape index (κ3) is 4.84. The Morgan fingerprint density at radius 1 is 1.06 bits per heavy atom. The number of ether oxygens (including phenoxy) is 2. The molecule has 0 bridgehead atoms. The number of nitrogens with zero attached hydrogens (tertiary/aromatic N) is 3. The highest BCUT2D eigenvalue weighted by Crippen LogP contribution is 2.33. The van der Waals surface area contributed by atoms with E-state index in [4.69, 9.17) is 14.3 Å². The van der Waals surface area contributed by atoms with Crippen molar-refractivity contribution < 1.29 is 23.9 Å². The first kappa shape index (κ1) is 22.2. The van der Waals surface area contributed by atoms with Crippen molar-refractivity contribution in [3.05, 3.63) is 59.7 Å². The summed E-state index contributed by atoms with van der Waals surface area (Å²) in [7, 11) is 2.04. The average molecular weight is 465 g/mol. The zero-order valence-corrected chi connectivity index (χ0v) is 19.1. The fourth-order valence-corrected chi connectivity index (χ4v) is 4.33. The van der Waals surface area contributed by atoms with E-state index in [1.54, 1.807) is 0 Å². The maximum absolute atomic E-state index is 13.4. The van der Waals surface area contributed by atoms with Crippen molar-refractivity contribution in [3.8, 4) is 11.5 Å². The third-order valence-electron chi connectivity index (χ3n) is 6.38. The van der Waals surface area contributed by atoms with Crippen molar-refractivity contribution in [2.75, 3.05) is 40.0 Å². The van der Waals surface area contributed by atoms with Gasteiger partial charge >= 0.3 is 0 Å². The van der Waals surface area contributed by atoms with E-state index in [-0.39, 0.29) is 18.6 Å². The van der Waals surface area contributed by atoms with Crippen LogP contribution in [0.2, 0.25) is 0 Å². The van der Waals surface area contributed by atoms with Crippen molar-refractivity contribution in [2.45, 2.75) is 25.0 Å². The predicted molar refractivity (Wildman–Crippen MR) is 125 cm³/mol. The normalized spacial score (nSPS) is 20.4. The standard InChI is InChI=1S/C25H28N4O5/c1-28-9-11-29(12-10-28)25(31)20(13-17-5-3-2-4-6-17)26-24(30)23-15-19(27-34-23)18-7-8-21-22(14-18)33-16-32-21/h2-8,14,20,23H,9-13,15-16H2,1H3,(H,26,30). The summed E-state index contributed by atoms with van der Waals surface area (Å²) >= 11 is 0. The molecule has 5 rings (SSSR count). The predicted octanol–water partition coefficient (Wildman–Crippen LogP) is 1.41. The minimum absolute atomic E-state index is 0.0692. The topological polar surface area (TPSA) is 92.7 Å². The van der Waals surface area contributed by atoms with Crippen LogP contribution in [0.4, 0.5) is 0 Å². The molecule has 2 amide bonds. The van der Waals surface area contributed by atoms with Crippen LogP contribution in [-0.2, 0) is 20.8 Å². The van der Waals surface area contributed by atoms with Gasteiger partial charge in [-0.2, -0.15) is 0 Å². The van der Waals surface area contributed by atoms with E-state index in [1.807, 2.05) is 60.5 Å². The van der Waals surface area contributed by atoms with Gasteiger partial charge in [0.15, 0.2) is 11.5 Å². The molecular formula is C25H28N4O5. The number of rotatable bonds is 6. The maximum atomic E-state index is 13.4. The van der Waals surface area contributed by atoms with E-state index in [2.05, 4.69) is 15.4 Å². The first-order chi connectivity index (χ1) is 16.6. The second kappa shape index (κ2) is 9.72. The number of oxime groups is 1. The Labute approximate surface area is 198 Å². The molecular weight excluding hydrogens is 436 g/mol. The van der Waals surface area contributed by atoms with Crippen molar-refractivity contribution >= 4 is 17.5 Å². The number of carbonyl (C=O) groups excluding carboxylic acids is 2. The molecule has 0 radical (unpaired) electrons. The number of nitrogens with one attached hydrogen (secondary N) is 1. The molecule has 1 N–H and O–H groups in total. The van der Waals surface area contributed by atoms with Crippen LogP contribution in [0.15, 0.2) is 53.7 Å². The van der Waals surface area contributed by atoms with Crippen molar-refractivity contribution in [3.63, 3.8) is 0 Å². The lowest BCUT2D eigenvalue weighted by molar-refractivity contribution is -0.140. The molecule has 2 unspecified atom stereocenters. The van der Waals surface area contributed by atoms with E-state index in [1.165, 1.54) is 0 Å². The van der Waals surface area contributed by atoms with Gasteiger partial charge in [-0.1, -0.05) is 35.5 Å². The first-order valence-corrected chi connectivity index (χ1v) is 11.5. The van der Waals surface area contributed by atoms with Gasteiger partial charge in [0.05, 0.1) is 5.71 Å². The second-order valence-electron chi connectivity index (χ2n) is 8.78. The molecule has 9 nitrogen and oxygen atoms in total. The SMILES string of the molecule is CN1CCN(C(=O)C(Cc2ccccc2)NC(=O)C2CC(c3ccc4c(c3)OCO4)=NO2)CC1. The molecule has 1 saturated heterocycles. The highest BCUT2D eigenvalue weighted by atomic mass is 16.7. The van der Waals surface area contributed by atoms with Crippen LogP contribution in [0, 0.1) is 0 Å². The Morgan fingerprint density at radius 3 is 2.62 bits per heavy atom. The molecule has 178 valence electrons.